The number of nitrogens with zero attached hydrogens (tertiary/aromatic N) is 3. The Kier molecular flexibility index (Phi) is 5.29. The average Bonchev–Trinajstić information content (AvgIpc) is 2.89. The van der Waals surface area contributed by atoms with Crippen molar-refractivity contribution in [2.24, 2.45) is 0 Å². The van der Waals surface area contributed by atoms with Gasteiger partial charge in [-0.3, -0.25) is 4.79 Å². The van der Waals surface area contributed by atoms with Gasteiger partial charge in [0.25, 0.3) is 0 Å². The van der Waals surface area contributed by atoms with Crippen molar-refractivity contribution in [3.05, 3.63) is 40.7 Å². The molecule has 0 saturated heterocycles. The number of nitrogens with one attached hydrogen (secondary N) is 1. The number of anilines is 1. The van der Waals surface area contributed by atoms with Gasteiger partial charge in [-0.05, 0) is 19.9 Å². The summed E-state index contributed by atoms with van der Waals surface area (Å²) in [6, 6.07) is 7.91. The van der Waals surface area contributed by atoms with Crippen LogP contribution in [0.1, 0.15) is 37.2 Å². The quantitative estimate of drug-likeness (QED) is 0.518. The van der Waals surface area contributed by atoms with E-state index in [2.05, 4.69) is 36.1 Å². The molecule has 0 bridgehead atoms. The highest BCUT2D eigenvalue weighted by Crippen LogP contribution is 2.29. The van der Waals surface area contributed by atoms with E-state index in [-0.39, 0.29) is 17.1 Å². The molecule has 0 aliphatic rings. The van der Waals surface area contributed by atoms with E-state index in [1.165, 1.54) is 23.1 Å². The standard InChI is InChI=1S/C19H22N4OS2/c1-11-12(2)26-18(20-11)22-15(24)10-25-16-13-8-6-7-9-14(13)21-17(23-16)19(3,4)5/h6-9H,10H2,1-5H3,(H,20,22,24). The van der Waals surface area contributed by atoms with E-state index in [0.717, 1.165) is 32.3 Å². The number of hydrogen-bond acceptors (Lipinski definition) is 6. The molecule has 2 heterocycles. The Morgan fingerprint density at radius 3 is 2.54 bits per heavy atom. The van der Waals surface area contributed by atoms with E-state index in [9.17, 15) is 4.79 Å². The van der Waals surface area contributed by atoms with Crippen LogP contribution in [0.15, 0.2) is 29.3 Å². The second-order valence-corrected chi connectivity index (χ2v) is 9.28. The first kappa shape index (κ1) is 18.8. The summed E-state index contributed by atoms with van der Waals surface area (Å²) in [6.07, 6.45) is 0. The number of aromatic nitrogens is 3. The largest absolute Gasteiger partial charge is 0.301 e. The minimum Gasteiger partial charge on any atom is -0.301 e. The van der Waals surface area contributed by atoms with Crippen LogP contribution in [0.2, 0.25) is 0 Å². The number of carbonyl (C=O) groups is 1. The maximum absolute atomic E-state index is 12.3. The van der Waals surface area contributed by atoms with Crippen molar-refractivity contribution in [1.82, 2.24) is 15.0 Å². The molecular formula is C19H22N4OS2. The molecule has 7 heteroatoms. The first-order chi connectivity index (χ1) is 12.2. The fourth-order valence-electron chi connectivity index (χ4n) is 2.31. The third kappa shape index (κ3) is 4.22. The maximum atomic E-state index is 12.3. The van der Waals surface area contributed by atoms with Gasteiger partial charge < -0.3 is 5.32 Å². The number of thioether (sulfide) groups is 1. The predicted octanol–water partition coefficient (Wildman–Crippen LogP) is 4.73. The van der Waals surface area contributed by atoms with Crippen LogP contribution >= 0.6 is 23.1 Å². The van der Waals surface area contributed by atoms with Crippen molar-refractivity contribution < 1.29 is 4.79 Å². The number of thiazole rings is 1. The lowest BCUT2D eigenvalue weighted by Crippen LogP contribution is -2.17. The normalized spacial score (nSPS) is 11.7. The van der Waals surface area contributed by atoms with Crippen LogP contribution in [-0.2, 0) is 10.2 Å². The zero-order chi connectivity index (χ0) is 18.9. The molecule has 26 heavy (non-hydrogen) atoms. The summed E-state index contributed by atoms with van der Waals surface area (Å²) in [6.45, 7) is 10.2. The molecule has 0 radical (unpaired) electrons. The van der Waals surface area contributed by atoms with Crippen LogP contribution in [0.3, 0.4) is 0 Å². The Labute approximate surface area is 161 Å². The molecule has 0 aliphatic heterocycles. The topological polar surface area (TPSA) is 67.8 Å². The number of benzene rings is 1. The van der Waals surface area contributed by atoms with Crippen LogP contribution in [-0.4, -0.2) is 26.6 Å². The minimum absolute atomic E-state index is 0.0799. The highest BCUT2D eigenvalue weighted by atomic mass is 32.2. The van der Waals surface area contributed by atoms with Gasteiger partial charge in [-0.2, -0.15) is 0 Å². The first-order valence-corrected chi connectivity index (χ1v) is 10.2. The van der Waals surface area contributed by atoms with Gasteiger partial charge in [0, 0.05) is 15.7 Å². The van der Waals surface area contributed by atoms with E-state index in [4.69, 9.17) is 4.98 Å². The first-order valence-electron chi connectivity index (χ1n) is 8.38. The van der Waals surface area contributed by atoms with Crippen molar-refractivity contribution in [3.63, 3.8) is 0 Å². The third-order valence-corrected chi connectivity index (χ3v) is 5.83. The summed E-state index contributed by atoms with van der Waals surface area (Å²) in [5.41, 5.74) is 1.70. The fraction of sp³-hybridized carbons (Fsp3) is 0.368. The van der Waals surface area contributed by atoms with Crippen LogP contribution in [0.25, 0.3) is 10.9 Å². The number of fused-ring (bicyclic) bond motifs is 1. The summed E-state index contributed by atoms with van der Waals surface area (Å²) in [5, 5.41) is 5.32. The molecule has 1 amide bonds. The van der Waals surface area contributed by atoms with Gasteiger partial charge in [0.2, 0.25) is 5.91 Å². The zero-order valence-corrected chi connectivity index (χ0v) is 17.2. The van der Waals surface area contributed by atoms with Gasteiger partial charge in [-0.25, -0.2) is 15.0 Å². The highest BCUT2D eigenvalue weighted by molar-refractivity contribution is 8.00. The number of rotatable bonds is 4. The molecule has 5 nitrogen and oxygen atoms in total. The summed E-state index contributed by atoms with van der Waals surface area (Å²) in [4.78, 5) is 27.2. The second-order valence-electron chi connectivity index (χ2n) is 7.12. The highest BCUT2D eigenvalue weighted by Gasteiger charge is 2.20. The second kappa shape index (κ2) is 7.32. The van der Waals surface area contributed by atoms with E-state index in [0.29, 0.717) is 5.13 Å². The Balaban J connectivity index is 1.80. The Morgan fingerprint density at radius 2 is 1.88 bits per heavy atom. The summed E-state index contributed by atoms with van der Waals surface area (Å²) < 4.78 is 0. The molecule has 1 aromatic carbocycles. The van der Waals surface area contributed by atoms with Crippen LogP contribution in [0.5, 0.6) is 0 Å². The number of hydrogen-bond donors (Lipinski definition) is 1. The summed E-state index contributed by atoms with van der Waals surface area (Å²) in [7, 11) is 0. The average molecular weight is 387 g/mol. The van der Waals surface area contributed by atoms with E-state index in [1.807, 2.05) is 38.1 Å². The van der Waals surface area contributed by atoms with Crippen LogP contribution in [0.4, 0.5) is 5.13 Å². The van der Waals surface area contributed by atoms with Gasteiger partial charge in [0.15, 0.2) is 5.13 Å². The molecule has 1 N–H and O–H groups in total. The summed E-state index contributed by atoms with van der Waals surface area (Å²) in [5.74, 6) is 0.983. The molecule has 2 aromatic heterocycles. The van der Waals surface area contributed by atoms with Gasteiger partial charge in [-0.1, -0.05) is 50.7 Å². The smallest absolute Gasteiger partial charge is 0.236 e. The van der Waals surface area contributed by atoms with Crippen molar-refractivity contribution in [3.8, 4) is 0 Å². The molecule has 0 saturated carbocycles. The van der Waals surface area contributed by atoms with Gasteiger partial charge in [-0.15, -0.1) is 11.3 Å². The predicted molar refractivity (Wildman–Crippen MR) is 109 cm³/mol. The van der Waals surface area contributed by atoms with Crippen molar-refractivity contribution in [1.29, 1.82) is 0 Å². The molecular weight excluding hydrogens is 364 g/mol. The lowest BCUT2D eigenvalue weighted by atomic mass is 9.95. The molecule has 0 aliphatic carbocycles. The molecule has 0 spiro atoms. The Hall–Kier alpha value is -1.99. The SMILES string of the molecule is Cc1nc(NC(=O)CSc2nc(C(C)(C)C)nc3ccccc23)sc1C. The monoisotopic (exact) mass is 386 g/mol. The number of carbonyl (C=O) groups excluding carboxylic acids is 1. The van der Waals surface area contributed by atoms with Gasteiger partial charge in [0.05, 0.1) is 17.0 Å². The zero-order valence-electron chi connectivity index (χ0n) is 15.6. The summed E-state index contributed by atoms with van der Waals surface area (Å²) >= 11 is 2.93. The van der Waals surface area contributed by atoms with Gasteiger partial charge >= 0.3 is 0 Å². The molecule has 0 unspecified atom stereocenters. The molecule has 3 rings (SSSR count). The van der Waals surface area contributed by atoms with E-state index < -0.39 is 0 Å². The van der Waals surface area contributed by atoms with Crippen molar-refractivity contribution in [2.45, 2.75) is 45.1 Å². The van der Waals surface area contributed by atoms with Crippen LogP contribution in [0, 0.1) is 13.8 Å². The Bertz CT molecular complexity index is 940. The van der Waals surface area contributed by atoms with Crippen LogP contribution < -0.4 is 5.32 Å². The molecule has 0 atom stereocenters. The van der Waals surface area contributed by atoms with Crippen molar-refractivity contribution >= 4 is 45.0 Å². The number of amides is 1. The van der Waals surface area contributed by atoms with Crippen molar-refractivity contribution in [2.75, 3.05) is 11.1 Å². The maximum Gasteiger partial charge on any atom is 0.236 e. The minimum atomic E-state index is -0.155. The lowest BCUT2D eigenvalue weighted by Gasteiger charge is -2.18. The van der Waals surface area contributed by atoms with E-state index in [1.54, 1.807) is 0 Å². The van der Waals surface area contributed by atoms with E-state index >= 15 is 0 Å². The third-order valence-electron chi connectivity index (χ3n) is 3.85. The fourth-order valence-corrected chi connectivity index (χ4v) is 3.96. The number of aryl methyl sites for hydroxylation is 2. The molecule has 3 aromatic rings. The molecule has 136 valence electrons. The molecule has 0 fully saturated rings. The Morgan fingerprint density at radius 1 is 1.15 bits per heavy atom. The lowest BCUT2D eigenvalue weighted by molar-refractivity contribution is -0.113. The van der Waals surface area contributed by atoms with Gasteiger partial charge in [0.1, 0.15) is 10.9 Å². The number of para-hydroxylation sites is 1.